The fourth-order valence-electron chi connectivity index (χ4n) is 4.30. The van der Waals surface area contributed by atoms with Crippen molar-refractivity contribution in [3.8, 4) is 17.2 Å². The SMILES string of the molecule is CC1(c2nc3c(c(-c4ccccc4)c2C#N)CCCCC3)CCCO1. The third-order valence-electron chi connectivity index (χ3n) is 5.62. The summed E-state index contributed by atoms with van der Waals surface area (Å²) in [4.78, 5) is 5.04. The standard InChI is InChI=1S/C22H24N2O/c1-22(13-8-14-25-22)21-18(15-23)20(16-9-4-2-5-10-16)17-11-6-3-7-12-19(17)24-21/h2,4-5,9-10H,3,6-8,11-14H2,1H3. The largest absolute Gasteiger partial charge is 0.369 e. The Balaban J connectivity index is 2.01. The fourth-order valence-corrected chi connectivity index (χ4v) is 4.30. The van der Waals surface area contributed by atoms with Crippen molar-refractivity contribution >= 4 is 0 Å². The predicted molar refractivity (Wildman–Crippen MR) is 98.2 cm³/mol. The molecule has 1 aliphatic heterocycles. The second kappa shape index (κ2) is 6.61. The smallest absolute Gasteiger partial charge is 0.109 e. The molecule has 1 unspecified atom stereocenters. The molecule has 1 atom stereocenters. The molecule has 3 nitrogen and oxygen atoms in total. The van der Waals surface area contributed by atoms with Gasteiger partial charge in [-0.1, -0.05) is 36.8 Å². The van der Waals surface area contributed by atoms with Crippen LogP contribution in [-0.2, 0) is 23.2 Å². The first-order chi connectivity index (χ1) is 12.2. The maximum absolute atomic E-state index is 10.1. The number of nitrogens with zero attached hydrogens (tertiary/aromatic N) is 2. The van der Waals surface area contributed by atoms with Gasteiger partial charge in [0.05, 0.1) is 11.3 Å². The first-order valence-electron chi connectivity index (χ1n) is 9.38. The number of rotatable bonds is 2. The molecule has 2 aromatic rings. The molecule has 1 aromatic heterocycles. The van der Waals surface area contributed by atoms with E-state index in [9.17, 15) is 5.26 Å². The minimum absolute atomic E-state index is 0.435. The second-order valence-corrected chi connectivity index (χ2v) is 7.36. The lowest BCUT2D eigenvalue weighted by Crippen LogP contribution is -2.25. The van der Waals surface area contributed by atoms with Gasteiger partial charge in [0.2, 0.25) is 0 Å². The van der Waals surface area contributed by atoms with Crippen LogP contribution in [-0.4, -0.2) is 11.6 Å². The minimum atomic E-state index is -0.435. The second-order valence-electron chi connectivity index (χ2n) is 7.36. The van der Waals surface area contributed by atoms with Crippen molar-refractivity contribution in [1.29, 1.82) is 5.26 Å². The lowest BCUT2D eigenvalue weighted by Gasteiger charge is -2.27. The fraction of sp³-hybridized carbons (Fsp3) is 0.455. The minimum Gasteiger partial charge on any atom is -0.369 e. The summed E-state index contributed by atoms with van der Waals surface area (Å²) in [6.07, 6.45) is 7.56. The Morgan fingerprint density at radius 3 is 2.60 bits per heavy atom. The topological polar surface area (TPSA) is 45.9 Å². The third-order valence-corrected chi connectivity index (χ3v) is 5.62. The number of benzene rings is 1. The molecule has 0 radical (unpaired) electrons. The van der Waals surface area contributed by atoms with Gasteiger partial charge in [-0.25, -0.2) is 0 Å². The van der Waals surface area contributed by atoms with Crippen LogP contribution in [0.25, 0.3) is 11.1 Å². The molecule has 0 amide bonds. The lowest BCUT2D eigenvalue weighted by atomic mass is 9.85. The Morgan fingerprint density at radius 2 is 1.88 bits per heavy atom. The van der Waals surface area contributed by atoms with Crippen LogP contribution in [0.2, 0.25) is 0 Å². The Morgan fingerprint density at radius 1 is 1.08 bits per heavy atom. The zero-order chi connectivity index (χ0) is 17.3. The van der Waals surface area contributed by atoms with Gasteiger partial charge in [-0.2, -0.15) is 5.26 Å². The van der Waals surface area contributed by atoms with E-state index in [1.165, 1.54) is 30.5 Å². The quantitative estimate of drug-likeness (QED) is 0.734. The molecule has 1 saturated heterocycles. The van der Waals surface area contributed by atoms with Gasteiger partial charge < -0.3 is 4.74 Å². The molecule has 4 rings (SSSR count). The summed E-state index contributed by atoms with van der Waals surface area (Å²) >= 11 is 0. The van der Waals surface area contributed by atoms with Crippen molar-refractivity contribution in [3.63, 3.8) is 0 Å². The van der Waals surface area contributed by atoms with Crippen LogP contribution in [0.1, 0.15) is 61.5 Å². The van der Waals surface area contributed by atoms with Gasteiger partial charge in [0, 0.05) is 17.9 Å². The Labute approximate surface area is 149 Å². The lowest BCUT2D eigenvalue weighted by molar-refractivity contribution is 0.0129. The molecule has 0 bridgehead atoms. The number of hydrogen-bond acceptors (Lipinski definition) is 3. The van der Waals surface area contributed by atoms with Crippen LogP contribution in [0.3, 0.4) is 0 Å². The molecule has 128 valence electrons. The Kier molecular flexibility index (Phi) is 4.31. The summed E-state index contributed by atoms with van der Waals surface area (Å²) in [6, 6.07) is 12.8. The summed E-state index contributed by atoms with van der Waals surface area (Å²) in [5.41, 5.74) is 5.83. The molecule has 2 aliphatic rings. The molecule has 3 heteroatoms. The molecular formula is C22H24N2O. The van der Waals surface area contributed by atoms with Gasteiger partial charge in [0.1, 0.15) is 11.7 Å². The van der Waals surface area contributed by atoms with Crippen LogP contribution < -0.4 is 0 Å². The summed E-state index contributed by atoms with van der Waals surface area (Å²) in [5, 5.41) is 10.1. The van der Waals surface area contributed by atoms with E-state index in [-0.39, 0.29) is 0 Å². The van der Waals surface area contributed by atoms with Gasteiger partial charge in [-0.3, -0.25) is 4.98 Å². The summed E-state index contributed by atoms with van der Waals surface area (Å²) in [7, 11) is 0. The van der Waals surface area contributed by atoms with Crippen molar-refractivity contribution < 1.29 is 4.74 Å². The first kappa shape index (κ1) is 16.3. The van der Waals surface area contributed by atoms with E-state index in [0.717, 1.165) is 54.7 Å². The van der Waals surface area contributed by atoms with Gasteiger partial charge in [0.15, 0.2) is 0 Å². The van der Waals surface area contributed by atoms with Gasteiger partial charge in [0.25, 0.3) is 0 Å². The summed E-state index contributed by atoms with van der Waals surface area (Å²) in [6.45, 7) is 2.85. The highest BCUT2D eigenvalue weighted by molar-refractivity contribution is 5.76. The number of aromatic nitrogens is 1. The van der Waals surface area contributed by atoms with E-state index in [1.807, 2.05) is 18.2 Å². The number of nitriles is 1. The molecule has 2 heterocycles. The average Bonchev–Trinajstić information content (AvgIpc) is 2.96. The van der Waals surface area contributed by atoms with E-state index < -0.39 is 5.60 Å². The molecule has 0 saturated carbocycles. The Hall–Kier alpha value is -2.18. The number of ether oxygens (including phenoxy) is 1. The van der Waals surface area contributed by atoms with E-state index in [2.05, 4.69) is 25.1 Å². The third kappa shape index (κ3) is 2.85. The van der Waals surface area contributed by atoms with E-state index in [0.29, 0.717) is 0 Å². The van der Waals surface area contributed by atoms with Crippen LogP contribution in [0.4, 0.5) is 0 Å². The molecule has 0 N–H and O–H groups in total. The first-order valence-corrected chi connectivity index (χ1v) is 9.38. The summed E-state index contributed by atoms with van der Waals surface area (Å²) < 4.78 is 6.07. The van der Waals surface area contributed by atoms with Crippen molar-refractivity contribution in [3.05, 3.63) is 52.8 Å². The maximum Gasteiger partial charge on any atom is 0.109 e. The van der Waals surface area contributed by atoms with Crippen LogP contribution in [0.15, 0.2) is 30.3 Å². The molecule has 1 aromatic carbocycles. The van der Waals surface area contributed by atoms with Crippen molar-refractivity contribution in [1.82, 2.24) is 4.98 Å². The van der Waals surface area contributed by atoms with Crippen LogP contribution in [0, 0.1) is 11.3 Å². The van der Waals surface area contributed by atoms with Gasteiger partial charge in [-0.05, 0) is 56.6 Å². The van der Waals surface area contributed by atoms with Crippen molar-refractivity contribution in [2.45, 2.75) is 57.5 Å². The Bertz CT molecular complexity index is 814. The molecular weight excluding hydrogens is 308 g/mol. The zero-order valence-electron chi connectivity index (χ0n) is 14.8. The molecule has 0 spiro atoms. The highest BCUT2D eigenvalue weighted by Crippen LogP contribution is 2.42. The molecule has 1 fully saturated rings. The predicted octanol–water partition coefficient (Wildman–Crippen LogP) is 4.91. The molecule has 25 heavy (non-hydrogen) atoms. The van der Waals surface area contributed by atoms with E-state index in [1.54, 1.807) is 0 Å². The van der Waals surface area contributed by atoms with Crippen molar-refractivity contribution in [2.75, 3.05) is 6.61 Å². The highest BCUT2D eigenvalue weighted by Gasteiger charge is 2.38. The maximum atomic E-state index is 10.1. The number of pyridine rings is 1. The van der Waals surface area contributed by atoms with Gasteiger partial charge in [-0.15, -0.1) is 0 Å². The number of hydrogen-bond donors (Lipinski definition) is 0. The van der Waals surface area contributed by atoms with Crippen LogP contribution in [0.5, 0.6) is 0 Å². The number of aryl methyl sites for hydroxylation is 1. The van der Waals surface area contributed by atoms with Gasteiger partial charge >= 0.3 is 0 Å². The molecule has 1 aliphatic carbocycles. The average molecular weight is 332 g/mol. The van der Waals surface area contributed by atoms with E-state index in [4.69, 9.17) is 9.72 Å². The van der Waals surface area contributed by atoms with E-state index >= 15 is 0 Å². The normalized spacial score (nSPS) is 22.9. The zero-order valence-corrected chi connectivity index (χ0v) is 14.8. The summed E-state index contributed by atoms with van der Waals surface area (Å²) in [5.74, 6) is 0. The van der Waals surface area contributed by atoms with Crippen molar-refractivity contribution in [2.24, 2.45) is 0 Å². The highest BCUT2D eigenvalue weighted by atomic mass is 16.5. The number of fused-ring (bicyclic) bond motifs is 1. The monoisotopic (exact) mass is 332 g/mol. The van der Waals surface area contributed by atoms with Crippen LogP contribution >= 0.6 is 0 Å².